The summed E-state index contributed by atoms with van der Waals surface area (Å²) >= 11 is 0. The van der Waals surface area contributed by atoms with E-state index < -0.39 is 5.97 Å². The maximum Gasteiger partial charge on any atom is 0.356 e. The number of aromatic amines is 1. The molecule has 1 aliphatic heterocycles. The second kappa shape index (κ2) is 5.29. The van der Waals surface area contributed by atoms with Gasteiger partial charge >= 0.3 is 5.97 Å². The average molecular weight is 238 g/mol. The van der Waals surface area contributed by atoms with Gasteiger partial charge in [0.15, 0.2) is 5.69 Å². The summed E-state index contributed by atoms with van der Waals surface area (Å²) in [7, 11) is 2.13. The average Bonchev–Trinajstić information content (AvgIpc) is 2.77. The van der Waals surface area contributed by atoms with Gasteiger partial charge in [0.1, 0.15) is 0 Å². The number of H-pyrrole nitrogens is 1. The highest BCUT2D eigenvalue weighted by Gasteiger charge is 2.14. The number of rotatable bonds is 4. The summed E-state index contributed by atoms with van der Waals surface area (Å²) in [5, 5.41) is 15.3. The Bertz CT molecular complexity index is 383. The van der Waals surface area contributed by atoms with Gasteiger partial charge < -0.3 is 14.9 Å². The van der Waals surface area contributed by atoms with Crippen LogP contribution in [0.3, 0.4) is 0 Å². The fourth-order valence-electron chi connectivity index (χ4n) is 1.95. The number of piperazine rings is 1. The van der Waals surface area contributed by atoms with Crippen LogP contribution in [0.4, 0.5) is 0 Å². The Morgan fingerprint density at radius 2 is 2.18 bits per heavy atom. The Morgan fingerprint density at radius 3 is 2.76 bits per heavy atom. The number of likely N-dealkylation sites (N-methyl/N-ethyl adjacent to an activating group) is 1. The molecule has 0 unspecified atom stereocenters. The molecule has 0 bridgehead atoms. The molecule has 17 heavy (non-hydrogen) atoms. The number of carboxylic acids is 1. The fraction of sp³-hybridized carbons (Fsp3) is 0.636. The molecule has 2 heterocycles. The Kier molecular flexibility index (Phi) is 3.75. The van der Waals surface area contributed by atoms with Crippen molar-refractivity contribution < 1.29 is 9.90 Å². The number of carboxylic acid groups (broad SMARTS) is 1. The van der Waals surface area contributed by atoms with E-state index in [1.54, 1.807) is 6.07 Å². The molecule has 0 amide bonds. The van der Waals surface area contributed by atoms with Gasteiger partial charge in [-0.3, -0.25) is 5.10 Å². The summed E-state index contributed by atoms with van der Waals surface area (Å²) < 4.78 is 0. The first-order valence-electron chi connectivity index (χ1n) is 5.83. The van der Waals surface area contributed by atoms with Crippen molar-refractivity contribution >= 4 is 5.97 Å². The van der Waals surface area contributed by atoms with Crippen LogP contribution in [0.5, 0.6) is 0 Å². The van der Waals surface area contributed by atoms with Crippen LogP contribution in [0.15, 0.2) is 6.07 Å². The molecule has 0 saturated carbocycles. The number of nitrogens with one attached hydrogen (secondary N) is 1. The summed E-state index contributed by atoms with van der Waals surface area (Å²) in [5.41, 5.74) is 0.986. The van der Waals surface area contributed by atoms with Crippen LogP contribution in [0, 0.1) is 0 Å². The minimum absolute atomic E-state index is 0.0957. The molecule has 1 fully saturated rings. The molecule has 1 aromatic heterocycles. The molecule has 1 aliphatic rings. The summed E-state index contributed by atoms with van der Waals surface area (Å²) in [6, 6.07) is 1.61. The zero-order valence-corrected chi connectivity index (χ0v) is 10.0. The standard InChI is InChI=1S/C11H18N4O2/c1-14-4-6-15(7-5-14)3-2-9-8-10(11(16)17)13-12-9/h8H,2-7H2,1H3,(H,12,13)(H,16,17). The number of nitrogens with zero attached hydrogens (tertiary/aromatic N) is 3. The fourth-order valence-corrected chi connectivity index (χ4v) is 1.95. The van der Waals surface area contributed by atoms with E-state index in [2.05, 4.69) is 27.0 Å². The first-order valence-corrected chi connectivity index (χ1v) is 5.83. The van der Waals surface area contributed by atoms with Gasteiger partial charge in [-0.1, -0.05) is 0 Å². The van der Waals surface area contributed by atoms with Crippen molar-refractivity contribution in [2.45, 2.75) is 6.42 Å². The first-order chi connectivity index (χ1) is 8.15. The normalized spacial score (nSPS) is 18.4. The minimum Gasteiger partial charge on any atom is -0.476 e. The van der Waals surface area contributed by atoms with Gasteiger partial charge in [-0.15, -0.1) is 0 Å². The Morgan fingerprint density at radius 1 is 1.47 bits per heavy atom. The first kappa shape index (κ1) is 12.1. The van der Waals surface area contributed by atoms with E-state index in [-0.39, 0.29) is 5.69 Å². The summed E-state index contributed by atoms with van der Waals surface area (Å²) in [6.07, 6.45) is 0.823. The third-order valence-corrected chi connectivity index (χ3v) is 3.14. The Labute approximate surface area is 100 Å². The van der Waals surface area contributed by atoms with Gasteiger partial charge in [0, 0.05) is 44.8 Å². The van der Waals surface area contributed by atoms with E-state index in [1.807, 2.05) is 0 Å². The van der Waals surface area contributed by atoms with E-state index >= 15 is 0 Å². The van der Waals surface area contributed by atoms with E-state index in [0.717, 1.165) is 44.8 Å². The number of hydrogen-bond acceptors (Lipinski definition) is 4. The van der Waals surface area contributed by atoms with Crippen molar-refractivity contribution in [2.75, 3.05) is 39.8 Å². The molecular formula is C11H18N4O2. The Hall–Kier alpha value is -1.40. The molecule has 0 aliphatic carbocycles. The van der Waals surface area contributed by atoms with Crippen LogP contribution >= 0.6 is 0 Å². The summed E-state index contributed by atoms with van der Waals surface area (Å²) in [6.45, 7) is 5.31. The number of hydrogen-bond donors (Lipinski definition) is 2. The van der Waals surface area contributed by atoms with Gasteiger partial charge in [0.25, 0.3) is 0 Å². The summed E-state index contributed by atoms with van der Waals surface area (Å²) in [5.74, 6) is -0.980. The van der Waals surface area contributed by atoms with Crippen LogP contribution in [0.1, 0.15) is 16.2 Å². The largest absolute Gasteiger partial charge is 0.476 e. The van der Waals surface area contributed by atoms with Crippen molar-refractivity contribution in [1.82, 2.24) is 20.0 Å². The topological polar surface area (TPSA) is 72.5 Å². The van der Waals surface area contributed by atoms with Crippen LogP contribution in [0.2, 0.25) is 0 Å². The highest BCUT2D eigenvalue weighted by Crippen LogP contribution is 2.04. The van der Waals surface area contributed by atoms with Crippen molar-refractivity contribution in [2.24, 2.45) is 0 Å². The maximum atomic E-state index is 10.7. The molecule has 0 atom stereocenters. The molecular weight excluding hydrogens is 220 g/mol. The molecule has 2 N–H and O–H groups in total. The highest BCUT2D eigenvalue weighted by molar-refractivity contribution is 5.85. The van der Waals surface area contributed by atoms with Gasteiger partial charge in [0.2, 0.25) is 0 Å². The predicted octanol–water partition coefficient (Wildman–Crippen LogP) is -0.102. The molecule has 1 aromatic rings. The lowest BCUT2D eigenvalue weighted by atomic mass is 10.2. The molecule has 0 radical (unpaired) electrons. The predicted molar refractivity (Wildman–Crippen MR) is 63.2 cm³/mol. The lowest BCUT2D eigenvalue weighted by Gasteiger charge is -2.32. The highest BCUT2D eigenvalue weighted by atomic mass is 16.4. The van der Waals surface area contributed by atoms with Crippen LogP contribution in [-0.4, -0.2) is 70.8 Å². The molecule has 2 rings (SSSR count). The van der Waals surface area contributed by atoms with Crippen molar-refractivity contribution in [3.05, 3.63) is 17.5 Å². The molecule has 1 saturated heterocycles. The van der Waals surface area contributed by atoms with E-state index in [0.29, 0.717) is 0 Å². The third kappa shape index (κ3) is 3.28. The van der Waals surface area contributed by atoms with Crippen LogP contribution in [0.25, 0.3) is 0 Å². The van der Waals surface area contributed by atoms with Crippen LogP contribution < -0.4 is 0 Å². The van der Waals surface area contributed by atoms with E-state index in [9.17, 15) is 4.79 Å². The number of carbonyl (C=O) groups is 1. The van der Waals surface area contributed by atoms with Gasteiger partial charge in [-0.2, -0.15) is 5.10 Å². The van der Waals surface area contributed by atoms with Crippen LogP contribution in [-0.2, 0) is 6.42 Å². The van der Waals surface area contributed by atoms with Crippen molar-refractivity contribution in [3.8, 4) is 0 Å². The molecule has 0 spiro atoms. The number of aromatic nitrogens is 2. The van der Waals surface area contributed by atoms with Gasteiger partial charge in [0.05, 0.1) is 0 Å². The third-order valence-electron chi connectivity index (χ3n) is 3.14. The Balaban J connectivity index is 1.79. The molecule has 6 nitrogen and oxygen atoms in total. The summed E-state index contributed by atoms with van der Waals surface area (Å²) in [4.78, 5) is 15.4. The van der Waals surface area contributed by atoms with Gasteiger partial charge in [-0.05, 0) is 13.1 Å². The zero-order chi connectivity index (χ0) is 12.3. The molecule has 0 aromatic carbocycles. The monoisotopic (exact) mass is 238 g/mol. The minimum atomic E-state index is -0.980. The SMILES string of the molecule is CN1CCN(CCc2cc(C(=O)O)n[nH]2)CC1. The van der Waals surface area contributed by atoms with Gasteiger partial charge in [-0.25, -0.2) is 4.79 Å². The van der Waals surface area contributed by atoms with E-state index in [4.69, 9.17) is 5.11 Å². The molecule has 6 heteroatoms. The lowest BCUT2D eigenvalue weighted by Crippen LogP contribution is -2.45. The maximum absolute atomic E-state index is 10.7. The van der Waals surface area contributed by atoms with E-state index in [1.165, 1.54) is 0 Å². The number of aromatic carboxylic acids is 1. The van der Waals surface area contributed by atoms with Crippen molar-refractivity contribution in [3.63, 3.8) is 0 Å². The second-order valence-corrected chi connectivity index (χ2v) is 4.48. The lowest BCUT2D eigenvalue weighted by molar-refractivity contribution is 0.0690. The van der Waals surface area contributed by atoms with Crippen molar-refractivity contribution in [1.29, 1.82) is 0 Å². The molecule has 94 valence electrons. The quantitative estimate of drug-likeness (QED) is 0.766. The zero-order valence-electron chi connectivity index (χ0n) is 10.0. The second-order valence-electron chi connectivity index (χ2n) is 4.48. The smallest absolute Gasteiger partial charge is 0.356 e.